The van der Waals surface area contributed by atoms with Gasteiger partial charge in [0, 0.05) is 16.7 Å². The number of nitrogens with two attached hydrogens (primary N) is 1. The zero-order valence-corrected chi connectivity index (χ0v) is 10.8. The minimum atomic E-state index is -0.151. The Labute approximate surface area is 103 Å². The van der Waals surface area contributed by atoms with E-state index in [1.807, 2.05) is 0 Å². The van der Waals surface area contributed by atoms with Crippen molar-refractivity contribution in [2.45, 2.75) is 26.3 Å². The lowest BCUT2D eigenvalue weighted by atomic mass is 10.2. The number of hydrogen-bond acceptors (Lipinski definition) is 3. The van der Waals surface area contributed by atoms with Crippen LogP contribution >= 0.6 is 15.9 Å². The number of rotatable bonds is 2. The molecule has 0 aromatic carbocycles. The van der Waals surface area contributed by atoms with E-state index in [0.717, 1.165) is 10.9 Å². The van der Waals surface area contributed by atoms with Gasteiger partial charge in [-0.2, -0.15) is 0 Å². The Kier molecular flexibility index (Phi) is 2.66. The van der Waals surface area contributed by atoms with Crippen LogP contribution in [0.25, 0.3) is 0 Å². The highest BCUT2D eigenvalue weighted by Crippen LogP contribution is 2.44. The van der Waals surface area contributed by atoms with Crippen LogP contribution in [0, 0.1) is 5.41 Å². The summed E-state index contributed by atoms with van der Waals surface area (Å²) in [6.45, 7) is 4.25. The fraction of sp³-hybridized carbons (Fsp3) is 0.455. The summed E-state index contributed by atoms with van der Waals surface area (Å²) in [6, 6.07) is 1.94. The zero-order chi connectivity index (χ0) is 11.9. The van der Waals surface area contributed by atoms with Crippen molar-refractivity contribution in [3.8, 4) is 0 Å². The standard InChI is InChI=1S/C11H14BrN3O/c1-11(2)4-8(11)15-10(16)7-3-6(12)5-14-9(7)13/h3,5,8H,4H2,1-2H3,(H2,13,14)(H,15,16). The molecule has 0 saturated heterocycles. The molecule has 1 amide bonds. The Morgan fingerprint density at radius 2 is 2.31 bits per heavy atom. The molecular formula is C11H14BrN3O. The Morgan fingerprint density at radius 3 is 2.88 bits per heavy atom. The second-order valence-electron chi connectivity index (χ2n) is 4.81. The van der Waals surface area contributed by atoms with Crippen molar-refractivity contribution >= 4 is 27.7 Å². The van der Waals surface area contributed by atoms with Crippen molar-refractivity contribution in [3.05, 3.63) is 22.3 Å². The number of halogens is 1. The van der Waals surface area contributed by atoms with E-state index in [9.17, 15) is 4.79 Å². The lowest BCUT2D eigenvalue weighted by molar-refractivity contribution is 0.0947. The summed E-state index contributed by atoms with van der Waals surface area (Å²) in [7, 11) is 0. The number of carbonyl (C=O) groups excluding carboxylic acids is 1. The summed E-state index contributed by atoms with van der Waals surface area (Å²) in [4.78, 5) is 15.8. The van der Waals surface area contributed by atoms with Crippen LogP contribution in [-0.2, 0) is 0 Å². The van der Waals surface area contributed by atoms with Gasteiger partial charge in [0.15, 0.2) is 0 Å². The van der Waals surface area contributed by atoms with Crippen LogP contribution < -0.4 is 11.1 Å². The maximum atomic E-state index is 11.9. The van der Waals surface area contributed by atoms with Gasteiger partial charge in [-0.15, -0.1) is 0 Å². The third-order valence-corrected chi connectivity index (χ3v) is 3.38. The number of nitrogens with zero attached hydrogens (tertiary/aromatic N) is 1. The van der Waals surface area contributed by atoms with E-state index in [4.69, 9.17) is 5.73 Å². The molecule has 86 valence electrons. The highest BCUT2D eigenvalue weighted by atomic mass is 79.9. The van der Waals surface area contributed by atoms with Crippen molar-refractivity contribution in [2.24, 2.45) is 5.41 Å². The van der Waals surface area contributed by atoms with Gasteiger partial charge >= 0.3 is 0 Å². The Morgan fingerprint density at radius 1 is 1.69 bits per heavy atom. The zero-order valence-electron chi connectivity index (χ0n) is 9.25. The van der Waals surface area contributed by atoms with Crippen LogP contribution in [0.15, 0.2) is 16.7 Å². The molecule has 1 aromatic rings. The Bertz CT molecular complexity index is 445. The molecule has 5 heteroatoms. The first-order chi connectivity index (χ1) is 7.40. The molecule has 0 bridgehead atoms. The second kappa shape index (κ2) is 3.73. The molecule has 16 heavy (non-hydrogen) atoms. The normalized spacial score (nSPS) is 21.6. The van der Waals surface area contributed by atoms with Crippen molar-refractivity contribution in [1.29, 1.82) is 0 Å². The molecule has 1 heterocycles. The SMILES string of the molecule is CC1(C)CC1NC(=O)c1cc(Br)cnc1N. The lowest BCUT2D eigenvalue weighted by Gasteiger charge is -2.08. The van der Waals surface area contributed by atoms with E-state index in [-0.39, 0.29) is 23.2 Å². The number of nitrogens with one attached hydrogen (secondary N) is 1. The number of hydrogen-bond donors (Lipinski definition) is 2. The number of nitrogen functional groups attached to an aromatic ring is 1. The quantitative estimate of drug-likeness (QED) is 0.872. The van der Waals surface area contributed by atoms with Crippen molar-refractivity contribution in [3.63, 3.8) is 0 Å². The fourth-order valence-corrected chi connectivity index (χ4v) is 1.91. The molecule has 1 aliphatic rings. The van der Waals surface area contributed by atoms with Crippen molar-refractivity contribution in [1.82, 2.24) is 10.3 Å². The topological polar surface area (TPSA) is 68.0 Å². The molecule has 3 N–H and O–H groups in total. The molecule has 4 nitrogen and oxygen atoms in total. The maximum Gasteiger partial charge on any atom is 0.255 e. The number of pyridine rings is 1. The largest absolute Gasteiger partial charge is 0.383 e. The third-order valence-electron chi connectivity index (χ3n) is 2.95. The van der Waals surface area contributed by atoms with E-state index in [1.54, 1.807) is 12.3 Å². The molecule has 1 aliphatic carbocycles. The van der Waals surface area contributed by atoms with E-state index in [0.29, 0.717) is 5.56 Å². The van der Waals surface area contributed by atoms with Gasteiger partial charge in [-0.05, 0) is 33.8 Å². The smallest absolute Gasteiger partial charge is 0.255 e. The summed E-state index contributed by atoms with van der Waals surface area (Å²) >= 11 is 3.27. The lowest BCUT2D eigenvalue weighted by Crippen LogP contribution is -2.29. The minimum Gasteiger partial charge on any atom is -0.383 e. The number of aromatic nitrogens is 1. The van der Waals surface area contributed by atoms with Crippen LogP contribution in [0.1, 0.15) is 30.6 Å². The minimum absolute atomic E-state index is 0.151. The first kappa shape index (κ1) is 11.4. The predicted octanol–water partition coefficient (Wildman–Crippen LogP) is 1.95. The average Bonchev–Trinajstić information content (AvgIpc) is 2.77. The monoisotopic (exact) mass is 283 g/mol. The van der Waals surface area contributed by atoms with Gasteiger partial charge < -0.3 is 11.1 Å². The summed E-state index contributed by atoms with van der Waals surface area (Å²) in [6.07, 6.45) is 2.59. The first-order valence-corrected chi connectivity index (χ1v) is 5.91. The molecular weight excluding hydrogens is 270 g/mol. The van der Waals surface area contributed by atoms with E-state index in [2.05, 4.69) is 40.1 Å². The van der Waals surface area contributed by atoms with Gasteiger partial charge in [-0.1, -0.05) is 13.8 Å². The average molecular weight is 284 g/mol. The highest BCUT2D eigenvalue weighted by Gasteiger charge is 2.46. The summed E-state index contributed by atoms with van der Waals surface area (Å²) < 4.78 is 0.752. The molecule has 1 atom stereocenters. The summed E-state index contributed by atoms with van der Waals surface area (Å²) in [5.41, 5.74) is 6.30. The summed E-state index contributed by atoms with van der Waals surface area (Å²) in [5.74, 6) is 0.112. The van der Waals surface area contributed by atoms with Crippen molar-refractivity contribution in [2.75, 3.05) is 5.73 Å². The van der Waals surface area contributed by atoms with Crippen LogP contribution in [-0.4, -0.2) is 16.9 Å². The molecule has 2 rings (SSSR count). The number of carbonyl (C=O) groups is 1. The van der Waals surface area contributed by atoms with Crippen LogP contribution in [0.4, 0.5) is 5.82 Å². The molecule has 0 spiro atoms. The predicted molar refractivity (Wildman–Crippen MR) is 66.0 cm³/mol. The summed E-state index contributed by atoms with van der Waals surface area (Å²) in [5, 5.41) is 2.95. The van der Waals surface area contributed by atoms with Gasteiger partial charge in [0.1, 0.15) is 5.82 Å². The molecule has 0 aliphatic heterocycles. The van der Waals surface area contributed by atoms with Gasteiger partial charge in [0.05, 0.1) is 5.56 Å². The van der Waals surface area contributed by atoms with Gasteiger partial charge in [-0.3, -0.25) is 4.79 Å². The van der Waals surface area contributed by atoms with Crippen LogP contribution in [0.5, 0.6) is 0 Å². The molecule has 1 unspecified atom stereocenters. The van der Waals surface area contributed by atoms with E-state index < -0.39 is 0 Å². The Balaban J connectivity index is 2.12. The fourth-order valence-electron chi connectivity index (χ4n) is 1.58. The van der Waals surface area contributed by atoms with Crippen molar-refractivity contribution < 1.29 is 4.79 Å². The maximum absolute atomic E-state index is 11.9. The van der Waals surface area contributed by atoms with Crippen LogP contribution in [0.3, 0.4) is 0 Å². The Hall–Kier alpha value is -1.10. The highest BCUT2D eigenvalue weighted by molar-refractivity contribution is 9.10. The van der Waals surface area contributed by atoms with Crippen LogP contribution in [0.2, 0.25) is 0 Å². The van der Waals surface area contributed by atoms with E-state index in [1.165, 1.54) is 0 Å². The first-order valence-electron chi connectivity index (χ1n) is 5.12. The van der Waals surface area contributed by atoms with Gasteiger partial charge in [-0.25, -0.2) is 4.98 Å². The van der Waals surface area contributed by atoms with Gasteiger partial charge in [0.2, 0.25) is 0 Å². The molecule has 1 aromatic heterocycles. The molecule has 0 radical (unpaired) electrons. The number of anilines is 1. The number of amides is 1. The van der Waals surface area contributed by atoms with E-state index >= 15 is 0 Å². The van der Waals surface area contributed by atoms with Gasteiger partial charge in [0.25, 0.3) is 5.91 Å². The molecule has 1 saturated carbocycles. The second-order valence-corrected chi connectivity index (χ2v) is 5.72. The third kappa shape index (κ3) is 2.19. The molecule has 1 fully saturated rings.